The number of rotatable bonds is 7. The van der Waals surface area contributed by atoms with Crippen LogP contribution in [-0.4, -0.2) is 27.9 Å². The number of hydrogen-bond donors (Lipinski definition) is 1. The van der Waals surface area contributed by atoms with Gasteiger partial charge in [0.15, 0.2) is 0 Å². The van der Waals surface area contributed by atoms with Gasteiger partial charge in [0.25, 0.3) is 0 Å². The van der Waals surface area contributed by atoms with Crippen LogP contribution in [0.3, 0.4) is 0 Å². The third-order valence-corrected chi connectivity index (χ3v) is 5.06. The minimum atomic E-state index is -0.664. The number of fused-ring (bicyclic) bond motifs is 1. The highest BCUT2D eigenvalue weighted by Gasteiger charge is 2.26. The van der Waals surface area contributed by atoms with Crippen LogP contribution in [0.15, 0.2) is 78.9 Å². The fraction of sp³-hybridized carbons (Fsp3) is 0.259. The molecule has 0 spiro atoms. The van der Waals surface area contributed by atoms with E-state index < -0.39 is 17.7 Å². The van der Waals surface area contributed by atoms with E-state index in [1.807, 2.05) is 65.2 Å². The van der Waals surface area contributed by atoms with Crippen molar-refractivity contribution < 1.29 is 18.7 Å². The standard InChI is InChI=1S/C27H28FN3O3/c1-27(2,3)34-26(32)30-23(18-33-17-19-10-6-4-7-11-19)25-29-22-15-14-20(28)16-24(22)31(25)21-12-8-5-9-13-21/h4-16,23H,17-18H2,1-3H3,(H,30,32). The van der Waals surface area contributed by atoms with E-state index in [1.54, 1.807) is 26.8 Å². The van der Waals surface area contributed by atoms with Crippen molar-refractivity contribution in [1.29, 1.82) is 0 Å². The van der Waals surface area contributed by atoms with Crippen LogP contribution in [0.2, 0.25) is 0 Å². The smallest absolute Gasteiger partial charge is 0.408 e. The number of benzene rings is 3. The molecule has 3 aromatic carbocycles. The fourth-order valence-electron chi connectivity index (χ4n) is 3.65. The molecule has 34 heavy (non-hydrogen) atoms. The Labute approximate surface area is 198 Å². The summed E-state index contributed by atoms with van der Waals surface area (Å²) >= 11 is 0. The third kappa shape index (κ3) is 5.80. The number of aromatic nitrogens is 2. The molecule has 4 aromatic rings. The van der Waals surface area contributed by atoms with E-state index in [-0.39, 0.29) is 12.4 Å². The number of nitrogens with one attached hydrogen (secondary N) is 1. The molecule has 0 aliphatic rings. The van der Waals surface area contributed by atoms with E-state index in [9.17, 15) is 9.18 Å². The average molecular weight is 462 g/mol. The minimum Gasteiger partial charge on any atom is -0.444 e. The van der Waals surface area contributed by atoms with Crippen LogP contribution in [0.5, 0.6) is 0 Å². The third-order valence-electron chi connectivity index (χ3n) is 5.06. The van der Waals surface area contributed by atoms with Crippen molar-refractivity contribution in [3.8, 4) is 5.69 Å². The van der Waals surface area contributed by atoms with Gasteiger partial charge in [0.2, 0.25) is 0 Å². The first-order valence-electron chi connectivity index (χ1n) is 11.1. The molecule has 0 saturated carbocycles. The molecular weight excluding hydrogens is 433 g/mol. The Morgan fingerprint density at radius 2 is 1.71 bits per heavy atom. The highest BCUT2D eigenvalue weighted by atomic mass is 19.1. The number of alkyl carbamates (subject to hydrolysis) is 1. The van der Waals surface area contributed by atoms with Crippen LogP contribution in [0, 0.1) is 5.82 Å². The fourth-order valence-corrected chi connectivity index (χ4v) is 3.65. The first-order valence-corrected chi connectivity index (χ1v) is 11.1. The molecule has 0 bridgehead atoms. The van der Waals surface area contributed by atoms with Gasteiger partial charge >= 0.3 is 6.09 Å². The van der Waals surface area contributed by atoms with Crippen LogP contribution in [0.4, 0.5) is 9.18 Å². The summed E-state index contributed by atoms with van der Waals surface area (Å²) in [5, 5.41) is 2.90. The topological polar surface area (TPSA) is 65.4 Å². The number of para-hydroxylation sites is 1. The Bertz CT molecular complexity index is 1250. The molecule has 0 aliphatic heterocycles. The summed E-state index contributed by atoms with van der Waals surface area (Å²) in [7, 11) is 0. The summed E-state index contributed by atoms with van der Waals surface area (Å²) in [5.41, 5.74) is 2.35. The van der Waals surface area contributed by atoms with E-state index >= 15 is 0 Å². The minimum absolute atomic E-state index is 0.146. The highest BCUT2D eigenvalue weighted by Crippen LogP contribution is 2.27. The van der Waals surface area contributed by atoms with Crippen molar-refractivity contribution in [2.24, 2.45) is 0 Å². The van der Waals surface area contributed by atoms with E-state index in [0.29, 0.717) is 23.5 Å². The lowest BCUT2D eigenvalue weighted by Gasteiger charge is -2.24. The molecule has 1 amide bonds. The van der Waals surface area contributed by atoms with Crippen LogP contribution in [0.25, 0.3) is 16.7 Å². The molecule has 1 atom stereocenters. The number of ether oxygens (including phenoxy) is 2. The second-order valence-electron chi connectivity index (χ2n) is 8.97. The maximum absolute atomic E-state index is 14.2. The van der Waals surface area contributed by atoms with Crippen molar-refractivity contribution >= 4 is 17.1 Å². The summed E-state index contributed by atoms with van der Waals surface area (Å²) in [4.78, 5) is 17.5. The monoisotopic (exact) mass is 461 g/mol. The zero-order chi connectivity index (χ0) is 24.1. The maximum atomic E-state index is 14.2. The van der Waals surface area contributed by atoms with Crippen molar-refractivity contribution in [1.82, 2.24) is 14.9 Å². The first kappa shape index (κ1) is 23.4. The van der Waals surface area contributed by atoms with Gasteiger partial charge in [0, 0.05) is 11.8 Å². The Kier molecular flexibility index (Phi) is 6.93. The highest BCUT2D eigenvalue weighted by molar-refractivity contribution is 5.79. The Balaban J connectivity index is 1.72. The number of carbonyl (C=O) groups is 1. The van der Waals surface area contributed by atoms with Gasteiger partial charge < -0.3 is 14.8 Å². The SMILES string of the molecule is CC(C)(C)OC(=O)NC(COCc1ccccc1)c1nc2ccc(F)cc2n1-c1ccccc1. The Morgan fingerprint density at radius 1 is 1.03 bits per heavy atom. The van der Waals surface area contributed by atoms with Crippen molar-refractivity contribution in [3.63, 3.8) is 0 Å². The number of amides is 1. The van der Waals surface area contributed by atoms with E-state index in [0.717, 1.165) is 11.3 Å². The van der Waals surface area contributed by atoms with Crippen LogP contribution in [-0.2, 0) is 16.1 Å². The van der Waals surface area contributed by atoms with Gasteiger partial charge in [-0.1, -0.05) is 48.5 Å². The number of nitrogens with zero attached hydrogens (tertiary/aromatic N) is 2. The largest absolute Gasteiger partial charge is 0.444 e. The van der Waals surface area contributed by atoms with Crippen LogP contribution in [0.1, 0.15) is 38.2 Å². The molecule has 1 N–H and O–H groups in total. The number of carbonyl (C=O) groups excluding carboxylic acids is 1. The summed E-state index contributed by atoms with van der Waals surface area (Å²) < 4.78 is 27.5. The van der Waals surface area contributed by atoms with Crippen LogP contribution >= 0.6 is 0 Å². The zero-order valence-electron chi connectivity index (χ0n) is 19.5. The molecule has 1 aromatic heterocycles. The van der Waals surface area contributed by atoms with Crippen molar-refractivity contribution in [2.45, 2.75) is 39.0 Å². The normalized spacial score (nSPS) is 12.5. The van der Waals surface area contributed by atoms with Gasteiger partial charge in [-0.3, -0.25) is 4.57 Å². The Hall–Kier alpha value is -3.71. The van der Waals surface area contributed by atoms with Gasteiger partial charge in [0.05, 0.1) is 24.2 Å². The predicted molar refractivity (Wildman–Crippen MR) is 129 cm³/mol. The predicted octanol–water partition coefficient (Wildman–Crippen LogP) is 5.95. The van der Waals surface area contributed by atoms with Gasteiger partial charge in [-0.25, -0.2) is 14.2 Å². The Morgan fingerprint density at radius 3 is 2.38 bits per heavy atom. The maximum Gasteiger partial charge on any atom is 0.408 e. The molecule has 6 nitrogen and oxygen atoms in total. The number of hydrogen-bond acceptors (Lipinski definition) is 4. The second-order valence-corrected chi connectivity index (χ2v) is 8.97. The molecule has 7 heteroatoms. The van der Waals surface area contributed by atoms with E-state index in [4.69, 9.17) is 14.5 Å². The van der Waals surface area contributed by atoms with Crippen molar-refractivity contribution in [2.75, 3.05) is 6.61 Å². The lowest BCUT2D eigenvalue weighted by Crippen LogP contribution is -2.37. The molecule has 1 unspecified atom stereocenters. The molecular formula is C27H28FN3O3. The van der Waals surface area contributed by atoms with Gasteiger partial charge in [0.1, 0.15) is 23.3 Å². The summed E-state index contributed by atoms with van der Waals surface area (Å²) in [6, 6.07) is 23.1. The summed E-state index contributed by atoms with van der Waals surface area (Å²) in [6.07, 6.45) is -0.585. The molecule has 176 valence electrons. The summed E-state index contributed by atoms with van der Waals surface area (Å²) in [6.45, 7) is 5.92. The van der Waals surface area contributed by atoms with Crippen molar-refractivity contribution in [3.05, 3.63) is 96.1 Å². The molecule has 1 heterocycles. The first-order chi connectivity index (χ1) is 16.3. The quantitative estimate of drug-likeness (QED) is 0.370. The molecule has 0 saturated heterocycles. The van der Waals surface area contributed by atoms with Gasteiger partial charge in [-0.2, -0.15) is 0 Å². The number of halogens is 1. The van der Waals surface area contributed by atoms with E-state index in [1.165, 1.54) is 12.1 Å². The molecule has 0 radical (unpaired) electrons. The van der Waals surface area contributed by atoms with Gasteiger partial charge in [-0.05, 0) is 50.6 Å². The van der Waals surface area contributed by atoms with E-state index in [2.05, 4.69) is 5.32 Å². The summed E-state index contributed by atoms with van der Waals surface area (Å²) in [5.74, 6) is 0.152. The molecule has 0 aliphatic carbocycles. The zero-order valence-corrected chi connectivity index (χ0v) is 19.5. The molecule has 4 rings (SSSR count). The van der Waals surface area contributed by atoms with Crippen LogP contribution < -0.4 is 5.32 Å². The lowest BCUT2D eigenvalue weighted by atomic mass is 10.2. The number of imidazole rings is 1. The van der Waals surface area contributed by atoms with Gasteiger partial charge in [-0.15, -0.1) is 0 Å². The average Bonchev–Trinajstić information content (AvgIpc) is 3.17. The second kappa shape index (κ2) is 10.1. The molecule has 0 fully saturated rings. The lowest BCUT2D eigenvalue weighted by molar-refractivity contribution is 0.0420.